The summed E-state index contributed by atoms with van der Waals surface area (Å²) in [6.45, 7) is 9.02. The van der Waals surface area contributed by atoms with Gasteiger partial charge >= 0.3 is 0 Å². The molecule has 5 rings (SSSR count). The van der Waals surface area contributed by atoms with Crippen molar-refractivity contribution in [3.8, 4) is 5.75 Å². The minimum atomic E-state index is -2.65. The number of primary amides is 1. The molecule has 1 amide bonds. The Labute approximate surface area is 258 Å². The van der Waals surface area contributed by atoms with Crippen LogP contribution in [0.3, 0.4) is 0 Å². The fourth-order valence-electron chi connectivity index (χ4n) is 7.81. The number of ketones is 2. The zero-order chi connectivity index (χ0) is 32.6. The Balaban J connectivity index is 1.65. The topological polar surface area (TPSA) is 168 Å². The maximum absolute atomic E-state index is 14.1. The number of hydrogen-bond acceptors (Lipinski definition) is 10. The monoisotopic (exact) mass is 610 g/mol. The number of rotatable bonds is 8. The number of likely N-dealkylation sites (N-methyl/N-ethyl adjacent to an activating group) is 1. The molecule has 2 fully saturated rings. The highest BCUT2D eigenvalue weighted by Gasteiger charge is 2.64. The van der Waals surface area contributed by atoms with Crippen molar-refractivity contribution in [1.29, 1.82) is 0 Å². The molecule has 4 aliphatic carbocycles. The number of Topliss-reactive ketones (excluding diaryl/α,β-unsaturated/α-hetero) is 2. The van der Waals surface area contributed by atoms with Gasteiger partial charge in [-0.1, -0.05) is 20.8 Å². The first kappa shape index (κ1) is 32.0. The number of phenols is 1. The van der Waals surface area contributed by atoms with Gasteiger partial charge in [-0.2, -0.15) is 0 Å². The predicted molar refractivity (Wildman–Crippen MR) is 166 cm³/mol. The van der Waals surface area contributed by atoms with Crippen molar-refractivity contribution in [2.75, 3.05) is 46.2 Å². The lowest BCUT2D eigenvalue weighted by molar-refractivity contribution is -0.153. The zero-order valence-corrected chi connectivity index (χ0v) is 26.8. The van der Waals surface area contributed by atoms with E-state index in [4.69, 9.17) is 5.73 Å². The van der Waals surface area contributed by atoms with Crippen LogP contribution in [0.1, 0.15) is 56.7 Å². The lowest BCUT2D eigenvalue weighted by Crippen LogP contribution is -2.65. The third-order valence-corrected chi connectivity index (χ3v) is 9.52. The van der Waals surface area contributed by atoms with Gasteiger partial charge in [0, 0.05) is 50.9 Å². The second-order valence-corrected chi connectivity index (χ2v) is 14.8. The van der Waals surface area contributed by atoms with Crippen molar-refractivity contribution in [1.82, 2.24) is 9.80 Å². The molecule has 0 unspecified atom stereocenters. The van der Waals surface area contributed by atoms with Crippen LogP contribution >= 0.6 is 0 Å². The number of benzene rings is 1. The summed E-state index contributed by atoms with van der Waals surface area (Å²) in [5, 5.41) is 45.9. The summed E-state index contributed by atoms with van der Waals surface area (Å²) in [6, 6.07) is 0.525. The molecule has 11 heteroatoms. The molecule has 240 valence electrons. The van der Waals surface area contributed by atoms with Gasteiger partial charge in [-0.25, -0.2) is 0 Å². The van der Waals surface area contributed by atoms with Crippen LogP contribution in [0.2, 0.25) is 0 Å². The summed E-state index contributed by atoms with van der Waals surface area (Å²) >= 11 is 0. The Kier molecular flexibility index (Phi) is 7.92. The van der Waals surface area contributed by atoms with Crippen LogP contribution < -0.4 is 10.6 Å². The number of amides is 1. The highest BCUT2D eigenvalue weighted by molar-refractivity contribution is 6.24. The van der Waals surface area contributed by atoms with E-state index >= 15 is 0 Å². The largest absolute Gasteiger partial charge is 0.508 e. The molecule has 0 radical (unpaired) electrons. The number of aromatic hydroxyl groups is 1. The average molecular weight is 611 g/mol. The lowest BCUT2D eigenvalue weighted by atomic mass is 9.57. The minimum absolute atomic E-state index is 0.0570. The molecule has 1 aromatic rings. The molecule has 0 aromatic heterocycles. The molecule has 1 aromatic carbocycles. The van der Waals surface area contributed by atoms with Crippen molar-refractivity contribution < 1.29 is 34.8 Å². The molecule has 4 atom stereocenters. The number of nitrogens with two attached hydrogens (primary N) is 1. The number of aliphatic hydroxyl groups excluding tert-OH is 2. The first-order chi connectivity index (χ1) is 20.4. The summed E-state index contributed by atoms with van der Waals surface area (Å²) in [7, 11) is 6.99. The molecular weight excluding hydrogens is 564 g/mol. The van der Waals surface area contributed by atoms with Crippen LogP contribution in [0, 0.1) is 23.2 Å². The Morgan fingerprint density at radius 2 is 1.73 bits per heavy atom. The summed E-state index contributed by atoms with van der Waals surface area (Å²) in [5.41, 5.74) is 4.39. The summed E-state index contributed by atoms with van der Waals surface area (Å²) in [6.07, 6.45) is 2.74. The van der Waals surface area contributed by atoms with Crippen LogP contribution in [-0.4, -0.2) is 101 Å². The number of aliphatic hydroxyl groups is 3. The van der Waals surface area contributed by atoms with E-state index in [1.165, 1.54) is 17.7 Å². The predicted octanol–water partition coefficient (Wildman–Crippen LogP) is 2.29. The molecular formula is C33H46N4O7. The van der Waals surface area contributed by atoms with E-state index in [1.54, 1.807) is 20.2 Å². The van der Waals surface area contributed by atoms with Gasteiger partial charge in [-0.15, -0.1) is 0 Å². The van der Waals surface area contributed by atoms with E-state index in [9.17, 15) is 34.8 Å². The number of carbonyl (C=O) groups excluding carboxylic acids is 3. The van der Waals surface area contributed by atoms with Crippen LogP contribution in [0.25, 0.3) is 5.76 Å². The van der Waals surface area contributed by atoms with E-state index in [2.05, 4.69) is 25.7 Å². The van der Waals surface area contributed by atoms with Gasteiger partial charge in [0.1, 0.15) is 22.8 Å². The fourth-order valence-corrected chi connectivity index (χ4v) is 7.81. The molecule has 0 heterocycles. The van der Waals surface area contributed by atoms with Gasteiger partial charge < -0.3 is 31.1 Å². The number of fused-ring (bicyclic) bond motifs is 3. The Morgan fingerprint density at radius 1 is 1.09 bits per heavy atom. The highest BCUT2D eigenvalue weighted by Crippen LogP contribution is 2.54. The van der Waals surface area contributed by atoms with E-state index in [1.807, 2.05) is 19.0 Å². The first-order valence-corrected chi connectivity index (χ1v) is 15.3. The standard InChI is InChI=1S/C33H46N4O7/c1-32(2,3)15-37(13-16-8-9-16)14-18-12-21(38)23-19(25(18)35(4)5)10-17-11-20-26(36(6)7)28(40)24(31(34)43)30(42)33(20,44)29(41)22(17)27(23)39/h12,16-17,20,26,38-39,42,44H,8-11,13-15H2,1-7H3,(H2,34,43)/t17-,20-,26-,33-/m0/s1. The van der Waals surface area contributed by atoms with Gasteiger partial charge in [0.05, 0.1) is 11.6 Å². The smallest absolute Gasteiger partial charge is 0.255 e. The molecule has 4 aliphatic rings. The van der Waals surface area contributed by atoms with Crippen LogP contribution in [0.15, 0.2) is 23.0 Å². The summed E-state index contributed by atoms with van der Waals surface area (Å²) in [5.74, 6) is -5.84. The van der Waals surface area contributed by atoms with Gasteiger partial charge in [0.2, 0.25) is 5.78 Å². The molecule has 0 spiro atoms. The fraction of sp³-hybridized carbons (Fsp3) is 0.606. The quantitative estimate of drug-likeness (QED) is 0.276. The minimum Gasteiger partial charge on any atom is -0.508 e. The van der Waals surface area contributed by atoms with Crippen molar-refractivity contribution in [3.05, 3.63) is 39.7 Å². The van der Waals surface area contributed by atoms with Crippen molar-refractivity contribution >= 4 is 28.9 Å². The molecule has 0 aliphatic heterocycles. The number of anilines is 1. The van der Waals surface area contributed by atoms with E-state index < -0.39 is 58.0 Å². The molecule has 0 bridgehead atoms. The van der Waals surface area contributed by atoms with Crippen molar-refractivity contribution in [3.63, 3.8) is 0 Å². The van der Waals surface area contributed by atoms with Crippen molar-refractivity contribution in [2.24, 2.45) is 28.9 Å². The van der Waals surface area contributed by atoms with E-state index in [0.29, 0.717) is 18.0 Å². The lowest BCUT2D eigenvalue weighted by Gasteiger charge is -2.50. The maximum Gasteiger partial charge on any atom is 0.255 e. The summed E-state index contributed by atoms with van der Waals surface area (Å²) in [4.78, 5) is 45.6. The number of carbonyl (C=O) groups is 3. The van der Waals surface area contributed by atoms with Crippen LogP contribution in [0.5, 0.6) is 5.75 Å². The molecule has 44 heavy (non-hydrogen) atoms. The average Bonchev–Trinajstić information content (AvgIpc) is 3.68. The third kappa shape index (κ3) is 5.18. The van der Waals surface area contributed by atoms with Gasteiger partial charge in [-0.3, -0.25) is 24.2 Å². The number of hydrogen-bond donors (Lipinski definition) is 5. The van der Waals surface area contributed by atoms with Crippen molar-refractivity contribution in [2.45, 2.75) is 64.6 Å². The van der Waals surface area contributed by atoms with Crippen LogP contribution in [-0.2, 0) is 27.3 Å². The molecule has 2 saturated carbocycles. The highest BCUT2D eigenvalue weighted by atomic mass is 16.3. The third-order valence-electron chi connectivity index (χ3n) is 9.52. The molecule has 0 saturated heterocycles. The molecule has 11 nitrogen and oxygen atoms in total. The number of phenolic OH excluding ortho intramolecular Hbond substituents is 1. The zero-order valence-electron chi connectivity index (χ0n) is 26.8. The van der Waals surface area contributed by atoms with Gasteiger partial charge in [0.15, 0.2) is 11.4 Å². The Morgan fingerprint density at radius 3 is 2.25 bits per heavy atom. The second-order valence-electron chi connectivity index (χ2n) is 14.8. The second kappa shape index (κ2) is 10.9. The summed E-state index contributed by atoms with van der Waals surface area (Å²) < 4.78 is 0. The van der Waals surface area contributed by atoms with Gasteiger partial charge in [0.25, 0.3) is 5.91 Å². The maximum atomic E-state index is 14.1. The van der Waals surface area contributed by atoms with Gasteiger partial charge in [-0.05, 0) is 74.2 Å². The SMILES string of the molecule is CN(C)c1c(CN(CC2CC2)CC(C)(C)C)cc(O)c2c1C[C@H]1C[C@H]3[C@H](N(C)C)C(=O)C(C(N)=O)=C(O)[C@@]3(O)C(=O)C1=C2O. The normalized spacial score (nSPS) is 27.1. The van der Waals surface area contributed by atoms with Crippen LogP contribution in [0.4, 0.5) is 5.69 Å². The molecule has 6 N–H and O–H groups in total. The van der Waals surface area contributed by atoms with E-state index in [-0.39, 0.29) is 35.1 Å². The first-order valence-electron chi connectivity index (χ1n) is 15.3. The Bertz CT molecular complexity index is 1480. The Hall–Kier alpha value is -3.41. The van der Waals surface area contributed by atoms with E-state index in [0.717, 1.165) is 24.3 Å². The number of nitrogens with zero attached hydrogens (tertiary/aromatic N) is 3.